The molecule has 1 aromatic carbocycles. The molecule has 5 nitrogen and oxygen atoms in total. The topological polar surface area (TPSA) is 81.2 Å². The van der Waals surface area contributed by atoms with E-state index in [9.17, 15) is 4.79 Å². The van der Waals surface area contributed by atoms with Crippen LogP contribution >= 0.6 is 0 Å². The normalized spacial score (nSPS) is 9.87. The number of carbonyl (C=O) groups excluding carboxylic acids is 1. The molecule has 0 bridgehead atoms. The van der Waals surface area contributed by atoms with Crippen LogP contribution in [-0.4, -0.2) is 11.1 Å². The first-order valence-electron chi connectivity index (χ1n) is 4.32. The molecule has 2 rings (SSSR count). The molecule has 1 aromatic heterocycles. The summed E-state index contributed by atoms with van der Waals surface area (Å²) in [7, 11) is 0. The first kappa shape index (κ1) is 9.26. The average molecular weight is 203 g/mol. The quantitative estimate of drug-likeness (QED) is 0.725. The number of nitrogens with two attached hydrogens (primary N) is 1. The lowest BCUT2D eigenvalue weighted by Crippen LogP contribution is -2.11. The average Bonchev–Trinajstić information content (AvgIpc) is 2.71. The Kier molecular flexibility index (Phi) is 2.37. The minimum Gasteiger partial charge on any atom is -0.399 e. The molecule has 3 N–H and O–H groups in total. The molecule has 0 saturated heterocycles. The van der Waals surface area contributed by atoms with E-state index in [0.717, 1.165) is 0 Å². The largest absolute Gasteiger partial charge is 0.399 e. The van der Waals surface area contributed by atoms with E-state index in [4.69, 9.17) is 5.73 Å². The first-order valence-corrected chi connectivity index (χ1v) is 4.32. The highest BCUT2D eigenvalue weighted by Crippen LogP contribution is 2.09. The van der Waals surface area contributed by atoms with Crippen molar-refractivity contribution >= 4 is 17.3 Å². The summed E-state index contributed by atoms with van der Waals surface area (Å²) in [6.45, 7) is 0. The minimum absolute atomic E-state index is 0.224. The van der Waals surface area contributed by atoms with Crippen LogP contribution in [0, 0.1) is 0 Å². The predicted octanol–water partition coefficient (Wildman–Crippen LogP) is 1.51. The second-order valence-electron chi connectivity index (χ2n) is 2.99. The van der Waals surface area contributed by atoms with Crippen molar-refractivity contribution in [2.75, 3.05) is 11.1 Å². The Morgan fingerprint density at radius 3 is 2.67 bits per heavy atom. The van der Waals surface area contributed by atoms with Crippen LogP contribution in [-0.2, 0) is 0 Å². The van der Waals surface area contributed by atoms with Gasteiger partial charge in [-0.15, -0.1) is 0 Å². The SMILES string of the molecule is Nc1ccc(C(=O)Nc2cnoc2)cc1. The van der Waals surface area contributed by atoms with E-state index < -0.39 is 0 Å². The van der Waals surface area contributed by atoms with E-state index in [-0.39, 0.29) is 5.91 Å². The molecule has 0 aliphatic heterocycles. The number of carbonyl (C=O) groups is 1. The molecule has 2 aromatic rings. The Bertz CT molecular complexity index is 448. The van der Waals surface area contributed by atoms with Crippen LogP contribution in [0.15, 0.2) is 41.2 Å². The molecule has 0 radical (unpaired) electrons. The number of aromatic nitrogens is 1. The predicted molar refractivity (Wildman–Crippen MR) is 55.3 cm³/mol. The Labute approximate surface area is 85.9 Å². The fourth-order valence-electron chi connectivity index (χ4n) is 1.10. The molecule has 0 unspecified atom stereocenters. The maximum atomic E-state index is 11.6. The van der Waals surface area contributed by atoms with Gasteiger partial charge in [0.15, 0.2) is 0 Å². The van der Waals surface area contributed by atoms with Gasteiger partial charge in [0, 0.05) is 11.3 Å². The van der Waals surface area contributed by atoms with Crippen molar-refractivity contribution < 1.29 is 9.32 Å². The van der Waals surface area contributed by atoms with E-state index >= 15 is 0 Å². The first-order chi connectivity index (χ1) is 7.25. The maximum absolute atomic E-state index is 11.6. The van der Waals surface area contributed by atoms with Gasteiger partial charge in [-0.25, -0.2) is 0 Å². The van der Waals surface area contributed by atoms with Crippen molar-refractivity contribution in [1.29, 1.82) is 0 Å². The highest BCUT2D eigenvalue weighted by Gasteiger charge is 2.06. The van der Waals surface area contributed by atoms with E-state index in [2.05, 4.69) is 15.0 Å². The zero-order valence-corrected chi connectivity index (χ0v) is 7.81. The summed E-state index contributed by atoms with van der Waals surface area (Å²) < 4.78 is 4.59. The number of rotatable bonds is 2. The second kappa shape index (κ2) is 3.83. The van der Waals surface area contributed by atoms with Gasteiger partial charge in [-0.2, -0.15) is 0 Å². The molecule has 0 aliphatic carbocycles. The van der Waals surface area contributed by atoms with Gasteiger partial charge in [0.2, 0.25) is 0 Å². The summed E-state index contributed by atoms with van der Waals surface area (Å²) >= 11 is 0. The third kappa shape index (κ3) is 2.14. The molecule has 1 heterocycles. The Balaban J connectivity index is 2.11. The van der Waals surface area contributed by atoms with Gasteiger partial charge in [0.1, 0.15) is 12.0 Å². The molecule has 0 fully saturated rings. The lowest BCUT2D eigenvalue weighted by molar-refractivity contribution is 0.102. The van der Waals surface area contributed by atoms with Gasteiger partial charge >= 0.3 is 0 Å². The van der Waals surface area contributed by atoms with Gasteiger partial charge in [-0.05, 0) is 24.3 Å². The smallest absolute Gasteiger partial charge is 0.255 e. The summed E-state index contributed by atoms with van der Waals surface area (Å²) in [5.74, 6) is -0.224. The van der Waals surface area contributed by atoms with Crippen LogP contribution in [0.3, 0.4) is 0 Å². The number of hydrogen-bond donors (Lipinski definition) is 2. The van der Waals surface area contributed by atoms with E-state index in [1.807, 2.05) is 0 Å². The van der Waals surface area contributed by atoms with Crippen LogP contribution in [0.25, 0.3) is 0 Å². The standard InChI is InChI=1S/C10H9N3O2/c11-8-3-1-7(2-4-8)10(14)13-9-5-12-15-6-9/h1-6H,11H2,(H,13,14). The molecule has 0 saturated carbocycles. The lowest BCUT2D eigenvalue weighted by Gasteiger charge is -2.01. The molecule has 0 spiro atoms. The molecule has 15 heavy (non-hydrogen) atoms. The van der Waals surface area contributed by atoms with E-state index in [0.29, 0.717) is 16.9 Å². The van der Waals surface area contributed by atoms with Crippen molar-refractivity contribution in [3.63, 3.8) is 0 Å². The summed E-state index contributed by atoms with van der Waals surface area (Å²) in [4.78, 5) is 11.6. The highest BCUT2D eigenvalue weighted by molar-refractivity contribution is 6.04. The number of anilines is 2. The molecule has 5 heteroatoms. The molecule has 76 valence electrons. The lowest BCUT2D eigenvalue weighted by atomic mass is 10.2. The molecule has 0 aliphatic rings. The van der Waals surface area contributed by atoms with Crippen molar-refractivity contribution in [2.24, 2.45) is 0 Å². The van der Waals surface area contributed by atoms with Gasteiger partial charge in [0.25, 0.3) is 5.91 Å². The van der Waals surface area contributed by atoms with Crippen LogP contribution < -0.4 is 11.1 Å². The number of nitrogens with zero attached hydrogens (tertiary/aromatic N) is 1. The van der Waals surface area contributed by atoms with Crippen LogP contribution in [0.1, 0.15) is 10.4 Å². The molecular weight excluding hydrogens is 194 g/mol. The van der Waals surface area contributed by atoms with Crippen LogP contribution in [0.4, 0.5) is 11.4 Å². The molecular formula is C10H9N3O2. The second-order valence-corrected chi connectivity index (χ2v) is 2.99. The van der Waals surface area contributed by atoms with Gasteiger partial charge in [-0.1, -0.05) is 5.16 Å². The third-order valence-corrected chi connectivity index (χ3v) is 1.86. The van der Waals surface area contributed by atoms with E-state index in [1.54, 1.807) is 24.3 Å². The van der Waals surface area contributed by atoms with E-state index in [1.165, 1.54) is 12.5 Å². The maximum Gasteiger partial charge on any atom is 0.255 e. The molecule has 0 atom stereocenters. The number of hydrogen-bond acceptors (Lipinski definition) is 4. The summed E-state index contributed by atoms with van der Waals surface area (Å²) in [5, 5.41) is 6.09. The Hall–Kier alpha value is -2.30. The Morgan fingerprint density at radius 2 is 2.07 bits per heavy atom. The Morgan fingerprint density at radius 1 is 1.33 bits per heavy atom. The number of nitrogen functional groups attached to an aromatic ring is 1. The number of benzene rings is 1. The summed E-state index contributed by atoms with van der Waals surface area (Å²) in [6.07, 6.45) is 2.78. The molecule has 1 amide bonds. The van der Waals surface area contributed by atoms with Gasteiger partial charge in [-0.3, -0.25) is 4.79 Å². The summed E-state index contributed by atoms with van der Waals surface area (Å²) in [5.41, 5.74) is 7.19. The van der Waals surface area contributed by atoms with Crippen molar-refractivity contribution in [3.05, 3.63) is 42.3 Å². The highest BCUT2D eigenvalue weighted by atomic mass is 16.5. The van der Waals surface area contributed by atoms with Gasteiger partial charge < -0.3 is 15.6 Å². The monoisotopic (exact) mass is 203 g/mol. The van der Waals surface area contributed by atoms with Crippen LogP contribution in [0.5, 0.6) is 0 Å². The number of nitrogens with one attached hydrogen (secondary N) is 1. The fourth-order valence-corrected chi connectivity index (χ4v) is 1.10. The van der Waals surface area contributed by atoms with Crippen molar-refractivity contribution in [2.45, 2.75) is 0 Å². The minimum atomic E-state index is -0.224. The van der Waals surface area contributed by atoms with Crippen molar-refractivity contribution in [3.8, 4) is 0 Å². The fraction of sp³-hybridized carbons (Fsp3) is 0. The third-order valence-electron chi connectivity index (χ3n) is 1.86. The number of amides is 1. The zero-order valence-electron chi connectivity index (χ0n) is 7.81. The van der Waals surface area contributed by atoms with Crippen molar-refractivity contribution in [1.82, 2.24) is 5.16 Å². The van der Waals surface area contributed by atoms with Gasteiger partial charge in [0.05, 0.1) is 6.20 Å². The zero-order chi connectivity index (χ0) is 10.7. The summed E-state index contributed by atoms with van der Waals surface area (Å²) in [6, 6.07) is 6.64. The van der Waals surface area contributed by atoms with Crippen LogP contribution in [0.2, 0.25) is 0 Å².